The monoisotopic (exact) mass is 376 g/mol. The van der Waals surface area contributed by atoms with Gasteiger partial charge in [-0.1, -0.05) is 37.3 Å². The molecule has 0 spiro atoms. The average molecular weight is 376 g/mol. The van der Waals surface area contributed by atoms with Crippen LogP contribution >= 0.6 is 0 Å². The Kier molecular flexibility index (Phi) is 6.20. The SMILES string of the molecule is CC[C@](C)(NC(=O)[C@@H]1[C@@H](C)OC(=O)N1C(C)=O)C(=O)OCc1ccccc1. The second-order valence-corrected chi connectivity index (χ2v) is 6.66. The van der Waals surface area contributed by atoms with Crippen LogP contribution < -0.4 is 5.32 Å². The molecule has 0 aliphatic carbocycles. The van der Waals surface area contributed by atoms with Gasteiger partial charge in [-0.2, -0.15) is 0 Å². The number of ether oxygens (including phenoxy) is 2. The van der Waals surface area contributed by atoms with E-state index in [9.17, 15) is 19.2 Å². The van der Waals surface area contributed by atoms with Crippen molar-refractivity contribution in [1.82, 2.24) is 10.2 Å². The molecule has 0 saturated carbocycles. The summed E-state index contributed by atoms with van der Waals surface area (Å²) in [6.07, 6.45) is -1.43. The van der Waals surface area contributed by atoms with Gasteiger partial charge in [0.05, 0.1) is 0 Å². The van der Waals surface area contributed by atoms with Crippen molar-refractivity contribution in [2.75, 3.05) is 0 Å². The molecule has 1 N–H and O–H groups in total. The lowest BCUT2D eigenvalue weighted by Crippen LogP contribution is -2.59. The van der Waals surface area contributed by atoms with Gasteiger partial charge in [-0.15, -0.1) is 0 Å². The van der Waals surface area contributed by atoms with Crippen molar-refractivity contribution >= 4 is 23.9 Å². The van der Waals surface area contributed by atoms with E-state index in [0.717, 1.165) is 10.5 Å². The van der Waals surface area contributed by atoms with Crippen LogP contribution in [-0.4, -0.2) is 46.5 Å². The lowest BCUT2D eigenvalue weighted by atomic mass is 9.97. The summed E-state index contributed by atoms with van der Waals surface area (Å²) >= 11 is 0. The number of hydrogen-bond acceptors (Lipinski definition) is 6. The Morgan fingerprint density at radius 3 is 2.44 bits per heavy atom. The molecule has 3 amide bonds. The predicted octanol–water partition coefficient (Wildman–Crippen LogP) is 1.77. The zero-order valence-electron chi connectivity index (χ0n) is 15.9. The van der Waals surface area contributed by atoms with Crippen LogP contribution in [0.2, 0.25) is 0 Å². The predicted molar refractivity (Wildman–Crippen MR) is 95.3 cm³/mol. The first kappa shape index (κ1) is 20.4. The summed E-state index contributed by atoms with van der Waals surface area (Å²) in [7, 11) is 0. The molecule has 1 heterocycles. The van der Waals surface area contributed by atoms with Gasteiger partial charge in [-0.25, -0.2) is 14.5 Å². The largest absolute Gasteiger partial charge is 0.459 e. The molecule has 146 valence electrons. The van der Waals surface area contributed by atoms with Gasteiger partial charge < -0.3 is 14.8 Å². The van der Waals surface area contributed by atoms with Gasteiger partial charge in [0.2, 0.25) is 11.8 Å². The molecule has 27 heavy (non-hydrogen) atoms. The van der Waals surface area contributed by atoms with Gasteiger partial charge in [0.1, 0.15) is 18.2 Å². The Bertz CT molecular complexity index is 735. The molecule has 8 nitrogen and oxygen atoms in total. The molecule has 1 aromatic rings. The molecular weight excluding hydrogens is 352 g/mol. The van der Waals surface area contributed by atoms with E-state index in [-0.39, 0.29) is 13.0 Å². The molecule has 1 aliphatic rings. The topological polar surface area (TPSA) is 102 Å². The highest BCUT2D eigenvalue weighted by atomic mass is 16.6. The maximum atomic E-state index is 12.7. The summed E-state index contributed by atoms with van der Waals surface area (Å²) in [5.41, 5.74) is -0.485. The number of imide groups is 1. The number of amides is 3. The zero-order valence-corrected chi connectivity index (χ0v) is 15.9. The minimum absolute atomic E-state index is 0.0755. The van der Waals surface area contributed by atoms with E-state index in [0.29, 0.717) is 0 Å². The average Bonchev–Trinajstić information content (AvgIpc) is 2.94. The smallest absolute Gasteiger partial charge is 0.417 e. The third kappa shape index (κ3) is 4.45. The van der Waals surface area contributed by atoms with E-state index in [1.165, 1.54) is 13.8 Å². The number of rotatable bonds is 6. The number of carbonyl (C=O) groups is 4. The highest BCUT2D eigenvalue weighted by Gasteiger charge is 2.48. The van der Waals surface area contributed by atoms with Crippen LogP contribution in [0, 0.1) is 0 Å². The van der Waals surface area contributed by atoms with Crippen molar-refractivity contribution < 1.29 is 28.7 Å². The number of nitrogens with one attached hydrogen (secondary N) is 1. The van der Waals surface area contributed by atoms with Gasteiger partial charge in [-0.3, -0.25) is 9.59 Å². The maximum absolute atomic E-state index is 12.7. The molecule has 1 fully saturated rings. The van der Waals surface area contributed by atoms with Crippen molar-refractivity contribution in [2.45, 2.75) is 58.4 Å². The molecular formula is C19H24N2O6. The van der Waals surface area contributed by atoms with Crippen LogP contribution in [0.5, 0.6) is 0 Å². The summed E-state index contributed by atoms with van der Waals surface area (Å²) in [6, 6.07) is 8.03. The van der Waals surface area contributed by atoms with Crippen molar-refractivity contribution in [3.63, 3.8) is 0 Å². The fraction of sp³-hybridized carbons (Fsp3) is 0.474. The lowest BCUT2D eigenvalue weighted by molar-refractivity contribution is -0.155. The van der Waals surface area contributed by atoms with Gasteiger partial charge in [-0.05, 0) is 25.8 Å². The van der Waals surface area contributed by atoms with Crippen LogP contribution in [-0.2, 0) is 30.5 Å². The Morgan fingerprint density at radius 2 is 1.89 bits per heavy atom. The second kappa shape index (κ2) is 8.20. The van der Waals surface area contributed by atoms with E-state index < -0.39 is 41.6 Å². The van der Waals surface area contributed by atoms with Crippen molar-refractivity contribution in [1.29, 1.82) is 0 Å². The van der Waals surface area contributed by atoms with Gasteiger partial charge in [0.15, 0.2) is 6.04 Å². The first-order valence-electron chi connectivity index (χ1n) is 8.73. The van der Waals surface area contributed by atoms with Gasteiger partial charge in [0.25, 0.3) is 0 Å². The van der Waals surface area contributed by atoms with Crippen LogP contribution in [0.1, 0.15) is 39.7 Å². The summed E-state index contributed by atoms with van der Waals surface area (Å²) in [5.74, 6) is -1.85. The number of cyclic esters (lactones) is 1. The molecule has 8 heteroatoms. The fourth-order valence-corrected chi connectivity index (χ4v) is 2.77. The minimum Gasteiger partial charge on any atom is -0.459 e. The van der Waals surface area contributed by atoms with Gasteiger partial charge >= 0.3 is 12.1 Å². The second-order valence-electron chi connectivity index (χ2n) is 6.66. The number of esters is 1. The van der Waals surface area contributed by atoms with Crippen molar-refractivity contribution in [3.05, 3.63) is 35.9 Å². The van der Waals surface area contributed by atoms with Crippen molar-refractivity contribution in [2.24, 2.45) is 0 Å². The van der Waals surface area contributed by atoms with Crippen LogP contribution in [0.4, 0.5) is 4.79 Å². The van der Waals surface area contributed by atoms with E-state index >= 15 is 0 Å². The molecule has 0 radical (unpaired) electrons. The third-order valence-electron chi connectivity index (χ3n) is 4.58. The standard InChI is InChI=1S/C19H24N2O6/c1-5-19(4,17(24)26-11-14-9-7-6-8-10-14)20-16(23)15-12(2)27-18(25)21(15)13(3)22/h6-10,12,15H,5,11H2,1-4H3,(H,20,23)/t12-,15+,19+/m1/s1. The maximum Gasteiger partial charge on any atom is 0.417 e. The molecule has 0 bridgehead atoms. The highest BCUT2D eigenvalue weighted by molar-refractivity contribution is 6.00. The van der Waals surface area contributed by atoms with E-state index in [1.54, 1.807) is 13.8 Å². The molecule has 1 aromatic carbocycles. The van der Waals surface area contributed by atoms with E-state index in [2.05, 4.69) is 5.32 Å². The Balaban J connectivity index is 2.09. The molecule has 0 unspecified atom stereocenters. The van der Waals surface area contributed by atoms with Crippen molar-refractivity contribution in [3.8, 4) is 0 Å². The van der Waals surface area contributed by atoms with Crippen LogP contribution in [0.15, 0.2) is 30.3 Å². The Morgan fingerprint density at radius 1 is 1.26 bits per heavy atom. The first-order valence-corrected chi connectivity index (χ1v) is 8.73. The number of nitrogens with zero attached hydrogens (tertiary/aromatic N) is 1. The summed E-state index contributed by atoms with van der Waals surface area (Å²) in [5, 5.41) is 2.62. The quantitative estimate of drug-likeness (QED) is 0.759. The molecule has 2 rings (SSSR count). The van der Waals surface area contributed by atoms with E-state index in [4.69, 9.17) is 9.47 Å². The third-order valence-corrected chi connectivity index (χ3v) is 4.58. The molecule has 1 saturated heterocycles. The number of hydrogen-bond donors (Lipinski definition) is 1. The highest BCUT2D eigenvalue weighted by Crippen LogP contribution is 2.22. The normalized spacial score (nSPS) is 21.2. The van der Waals surface area contributed by atoms with Crippen LogP contribution in [0.3, 0.4) is 0 Å². The fourth-order valence-electron chi connectivity index (χ4n) is 2.77. The Labute approximate surface area is 157 Å². The summed E-state index contributed by atoms with van der Waals surface area (Å²) < 4.78 is 10.3. The summed E-state index contributed by atoms with van der Waals surface area (Å²) in [6.45, 7) is 6.03. The summed E-state index contributed by atoms with van der Waals surface area (Å²) in [4.78, 5) is 49.5. The van der Waals surface area contributed by atoms with Gasteiger partial charge in [0, 0.05) is 6.92 Å². The Hall–Kier alpha value is -2.90. The van der Waals surface area contributed by atoms with E-state index in [1.807, 2.05) is 30.3 Å². The zero-order chi connectivity index (χ0) is 20.2. The lowest BCUT2D eigenvalue weighted by Gasteiger charge is -2.30. The first-order chi connectivity index (χ1) is 12.7. The number of benzene rings is 1. The molecule has 3 atom stereocenters. The minimum atomic E-state index is -1.31. The number of carbonyl (C=O) groups excluding carboxylic acids is 4. The molecule has 1 aliphatic heterocycles. The van der Waals surface area contributed by atoms with Crippen LogP contribution in [0.25, 0.3) is 0 Å². The molecule has 0 aromatic heterocycles.